The van der Waals surface area contributed by atoms with E-state index in [1.54, 1.807) is 25.6 Å². The van der Waals surface area contributed by atoms with Gasteiger partial charge < -0.3 is 14.9 Å². The molecule has 1 aliphatic heterocycles. The van der Waals surface area contributed by atoms with Crippen LogP contribution < -0.4 is 4.74 Å². The smallest absolute Gasteiger partial charge is 0.303 e. The highest BCUT2D eigenvalue weighted by Gasteiger charge is 2.31. The predicted octanol–water partition coefficient (Wildman–Crippen LogP) is 3.31. The fourth-order valence-corrected chi connectivity index (χ4v) is 4.83. The summed E-state index contributed by atoms with van der Waals surface area (Å²) in [5.41, 5.74) is 2.30. The van der Waals surface area contributed by atoms with Gasteiger partial charge in [-0.3, -0.25) is 14.7 Å². The van der Waals surface area contributed by atoms with E-state index in [0.717, 1.165) is 41.6 Å². The predicted molar refractivity (Wildman–Crippen MR) is 132 cm³/mol. The molecule has 0 aliphatic carbocycles. The number of aromatic nitrogens is 3. The van der Waals surface area contributed by atoms with Crippen LogP contribution in [0.5, 0.6) is 5.75 Å². The molecule has 1 aromatic carbocycles. The summed E-state index contributed by atoms with van der Waals surface area (Å²) in [6, 6.07) is 9.25. The van der Waals surface area contributed by atoms with Gasteiger partial charge in [0, 0.05) is 30.7 Å². The van der Waals surface area contributed by atoms with Crippen molar-refractivity contribution in [2.45, 2.75) is 31.8 Å². The fourth-order valence-electron chi connectivity index (χ4n) is 4.83. The number of carboxylic acid groups (broad SMARTS) is 1. The number of aliphatic carboxylic acids is 1. The van der Waals surface area contributed by atoms with Gasteiger partial charge in [-0.25, -0.2) is 9.97 Å². The third-order valence-corrected chi connectivity index (χ3v) is 6.67. The maximum atomic E-state index is 11.6. The second kappa shape index (κ2) is 11.7. The van der Waals surface area contributed by atoms with E-state index in [-0.39, 0.29) is 18.3 Å². The Morgan fingerprint density at radius 3 is 2.89 bits per heavy atom. The van der Waals surface area contributed by atoms with Crippen LogP contribution in [0.1, 0.15) is 43.0 Å². The van der Waals surface area contributed by atoms with E-state index in [1.165, 1.54) is 6.33 Å². The molecule has 182 valence electrons. The van der Waals surface area contributed by atoms with Gasteiger partial charge in [-0.15, -0.1) is 0 Å². The van der Waals surface area contributed by atoms with Crippen molar-refractivity contribution < 1.29 is 19.7 Å². The molecule has 3 aromatic rings. The summed E-state index contributed by atoms with van der Waals surface area (Å²) in [5, 5.41) is 21.4. The number of aliphatic hydroxyl groups is 1. The van der Waals surface area contributed by atoms with Crippen molar-refractivity contribution in [1.82, 2.24) is 19.9 Å². The van der Waals surface area contributed by atoms with Crippen molar-refractivity contribution >= 4 is 16.9 Å². The van der Waals surface area contributed by atoms with Crippen LogP contribution >= 0.6 is 0 Å². The monoisotopic (exact) mass is 474 g/mol. The summed E-state index contributed by atoms with van der Waals surface area (Å²) in [6.45, 7) is 2.10. The lowest BCUT2D eigenvalue weighted by Gasteiger charge is -2.37. The van der Waals surface area contributed by atoms with Gasteiger partial charge in [0.25, 0.3) is 0 Å². The molecule has 1 saturated heterocycles. The molecule has 1 fully saturated rings. The minimum Gasteiger partial charge on any atom is -0.497 e. The number of aliphatic hydroxyl groups excluding tert-OH is 1. The number of hydrogen-bond donors (Lipinski definition) is 2. The van der Waals surface area contributed by atoms with Crippen LogP contribution in [-0.4, -0.2) is 62.8 Å². The van der Waals surface area contributed by atoms with E-state index in [9.17, 15) is 15.0 Å². The summed E-state index contributed by atoms with van der Waals surface area (Å²) in [4.78, 5) is 26.1. The van der Waals surface area contributed by atoms with E-state index >= 15 is 0 Å². The fraction of sp³-hybridized carbons (Fsp3) is 0.407. The molecule has 3 heterocycles. The van der Waals surface area contributed by atoms with Crippen LogP contribution in [0.15, 0.2) is 49.1 Å². The van der Waals surface area contributed by atoms with E-state index in [0.29, 0.717) is 25.2 Å². The van der Waals surface area contributed by atoms with Gasteiger partial charge in [0.15, 0.2) is 0 Å². The first kappa shape index (κ1) is 24.6. The van der Waals surface area contributed by atoms with Crippen molar-refractivity contribution in [3.63, 3.8) is 0 Å². The van der Waals surface area contributed by atoms with Crippen molar-refractivity contribution in [3.05, 3.63) is 60.3 Å². The van der Waals surface area contributed by atoms with Gasteiger partial charge in [0.2, 0.25) is 0 Å². The summed E-state index contributed by atoms with van der Waals surface area (Å²) in [6.07, 6.45) is 6.49. The van der Waals surface area contributed by atoms with Gasteiger partial charge in [0.05, 0.1) is 25.3 Å². The molecule has 0 radical (unpaired) electrons. The first-order valence-electron chi connectivity index (χ1n) is 11.8. The second-order valence-corrected chi connectivity index (χ2v) is 8.91. The summed E-state index contributed by atoms with van der Waals surface area (Å²) >= 11 is 0. The maximum Gasteiger partial charge on any atom is 0.303 e. The highest BCUT2D eigenvalue weighted by atomic mass is 16.5. The molecular formula is C27H30N4O4. The van der Waals surface area contributed by atoms with Gasteiger partial charge in [-0.1, -0.05) is 5.92 Å². The summed E-state index contributed by atoms with van der Waals surface area (Å²) < 4.78 is 5.34. The zero-order valence-electron chi connectivity index (χ0n) is 19.8. The second-order valence-electron chi connectivity index (χ2n) is 8.91. The molecule has 0 spiro atoms. The van der Waals surface area contributed by atoms with E-state index in [2.05, 4.69) is 31.7 Å². The number of carboxylic acids is 1. The van der Waals surface area contributed by atoms with E-state index in [1.807, 2.05) is 24.3 Å². The number of likely N-dealkylation sites (tertiary alicyclic amines) is 1. The van der Waals surface area contributed by atoms with Gasteiger partial charge in [-0.05, 0) is 79.5 Å². The van der Waals surface area contributed by atoms with Crippen LogP contribution in [0.2, 0.25) is 0 Å². The largest absolute Gasteiger partial charge is 0.497 e. The Morgan fingerprint density at radius 1 is 1.23 bits per heavy atom. The minimum atomic E-state index is -0.790. The molecule has 8 nitrogen and oxygen atoms in total. The molecule has 8 heteroatoms. The molecule has 4 rings (SSSR count). The van der Waals surface area contributed by atoms with Gasteiger partial charge in [0.1, 0.15) is 17.8 Å². The Hall–Kier alpha value is -3.54. The highest BCUT2D eigenvalue weighted by molar-refractivity contribution is 5.83. The molecule has 1 unspecified atom stereocenters. The molecule has 0 saturated carbocycles. The Bertz CT molecular complexity index is 1210. The summed E-state index contributed by atoms with van der Waals surface area (Å²) in [5.74, 6) is 6.35. The number of methoxy groups -OCH3 is 1. The zero-order chi connectivity index (χ0) is 24.6. The molecule has 0 amide bonds. The third-order valence-electron chi connectivity index (χ3n) is 6.67. The van der Waals surface area contributed by atoms with Crippen LogP contribution in [0.25, 0.3) is 10.9 Å². The molecule has 3 atom stereocenters. The highest BCUT2D eigenvalue weighted by Crippen LogP contribution is 2.34. The molecule has 2 aromatic heterocycles. The quantitative estimate of drug-likeness (QED) is 0.479. The third kappa shape index (κ3) is 6.53. The number of fused-ring (bicyclic) bond motifs is 1. The van der Waals surface area contributed by atoms with Gasteiger partial charge in [-0.2, -0.15) is 0 Å². The number of benzene rings is 1. The van der Waals surface area contributed by atoms with Crippen LogP contribution in [0.3, 0.4) is 0 Å². The Morgan fingerprint density at radius 2 is 2.11 bits per heavy atom. The number of carbonyl (C=O) groups is 1. The van der Waals surface area contributed by atoms with Crippen molar-refractivity contribution in [3.8, 4) is 17.6 Å². The van der Waals surface area contributed by atoms with E-state index in [4.69, 9.17) is 4.74 Å². The lowest BCUT2D eigenvalue weighted by molar-refractivity contribution is -0.139. The van der Waals surface area contributed by atoms with Crippen molar-refractivity contribution in [1.29, 1.82) is 0 Å². The SMILES string of the molecule is COc1ccc2nccc(C(O)CC[C@@H]3CCN(CC#Cc4ccncn4)C[C@@H]3CC(=O)O)c2c1. The topological polar surface area (TPSA) is 109 Å². The first-order chi connectivity index (χ1) is 17.0. The van der Waals surface area contributed by atoms with Crippen molar-refractivity contribution in [2.24, 2.45) is 11.8 Å². The van der Waals surface area contributed by atoms with E-state index < -0.39 is 12.1 Å². The maximum absolute atomic E-state index is 11.6. The minimum absolute atomic E-state index is 0.0172. The average Bonchev–Trinajstić information content (AvgIpc) is 2.87. The van der Waals surface area contributed by atoms with Crippen LogP contribution in [0.4, 0.5) is 0 Å². The average molecular weight is 475 g/mol. The summed E-state index contributed by atoms with van der Waals surface area (Å²) in [7, 11) is 1.62. The number of ether oxygens (including phenoxy) is 1. The number of rotatable bonds is 8. The lowest BCUT2D eigenvalue weighted by atomic mass is 9.79. The molecular weight excluding hydrogens is 444 g/mol. The van der Waals surface area contributed by atoms with Gasteiger partial charge >= 0.3 is 5.97 Å². The Balaban J connectivity index is 1.39. The zero-order valence-corrected chi connectivity index (χ0v) is 19.8. The number of hydrogen-bond acceptors (Lipinski definition) is 7. The van der Waals surface area contributed by atoms with Crippen molar-refractivity contribution in [2.75, 3.05) is 26.7 Å². The number of pyridine rings is 1. The molecule has 1 aliphatic rings. The normalized spacial score (nSPS) is 19.0. The Labute approximate surface area is 205 Å². The number of nitrogens with zero attached hydrogens (tertiary/aromatic N) is 4. The molecule has 2 N–H and O–H groups in total. The van der Waals surface area contributed by atoms with Crippen LogP contribution in [-0.2, 0) is 4.79 Å². The number of piperidine rings is 1. The molecule has 35 heavy (non-hydrogen) atoms. The first-order valence-corrected chi connectivity index (χ1v) is 11.8. The lowest BCUT2D eigenvalue weighted by Crippen LogP contribution is -2.41. The Kier molecular flexibility index (Phi) is 8.24. The van der Waals surface area contributed by atoms with Crippen LogP contribution in [0, 0.1) is 23.7 Å². The molecule has 0 bridgehead atoms. The standard InChI is InChI=1S/C27H30N4O4/c1-35-22-5-6-25-24(16-22)23(9-12-29-25)26(32)7-4-19-10-14-31(17-20(19)15-27(33)34)13-2-3-21-8-11-28-18-30-21/h5-6,8-9,11-12,16,18-20,26,32H,4,7,10,13-15,17H2,1H3,(H,33,34)/t19-,20+,26?/m1/s1.